The van der Waals surface area contributed by atoms with Crippen LogP contribution >= 0.6 is 0 Å². The second-order valence-electron chi connectivity index (χ2n) is 6.87. The van der Waals surface area contributed by atoms with Gasteiger partial charge in [-0.25, -0.2) is 0 Å². The van der Waals surface area contributed by atoms with E-state index in [9.17, 15) is 35.1 Å². The van der Waals surface area contributed by atoms with E-state index in [1.807, 2.05) is 0 Å². The number of hydrogen-bond donors (Lipinski definition) is 0. The van der Waals surface area contributed by atoms with Crippen LogP contribution in [-0.2, 0) is 4.79 Å². The molecule has 3 aliphatic carbocycles. The van der Waals surface area contributed by atoms with Gasteiger partial charge < -0.3 is 0 Å². The third kappa shape index (κ3) is 2.45. The third-order valence-corrected chi connectivity index (χ3v) is 5.96. The first-order valence-electron chi connectivity index (χ1n) is 7.75. The van der Waals surface area contributed by atoms with Crippen LogP contribution in [0.25, 0.3) is 0 Å². The molecule has 0 aromatic rings. The highest BCUT2D eigenvalue weighted by Crippen LogP contribution is 2.53. The predicted octanol–water partition coefficient (Wildman–Crippen LogP) is 0.948. The zero-order valence-electron chi connectivity index (χ0n) is 12.3. The van der Waals surface area contributed by atoms with Crippen molar-refractivity contribution in [3.63, 3.8) is 0 Å². The van der Waals surface area contributed by atoms with E-state index in [-0.39, 0.29) is 47.7 Å². The van der Waals surface area contributed by atoms with E-state index in [1.54, 1.807) is 0 Å². The Bertz CT molecular complexity index is 580. The number of nitrogens with zero attached hydrogens (tertiary/aromatic N) is 3. The number of Topliss-reactive ketones (excluding diaryl/α,β-unsaturated/α-hetero) is 1. The van der Waals surface area contributed by atoms with Gasteiger partial charge in [0.15, 0.2) is 0 Å². The number of nitro groups is 3. The summed E-state index contributed by atoms with van der Waals surface area (Å²) >= 11 is 0. The molecule has 0 aromatic heterocycles. The second kappa shape index (κ2) is 5.50. The molecule has 0 amide bonds. The van der Waals surface area contributed by atoms with Crippen molar-refractivity contribution in [1.82, 2.24) is 0 Å². The number of fused-ring (bicyclic) bond motifs is 3. The number of carbonyl (C=O) groups excluding carboxylic acids is 1. The molecule has 0 aliphatic heterocycles. The van der Waals surface area contributed by atoms with E-state index in [2.05, 4.69) is 0 Å². The van der Waals surface area contributed by atoms with Gasteiger partial charge in [0.05, 0.1) is 0 Å². The van der Waals surface area contributed by atoms with Gasteiger partial charge >= 0.3 is 0 Å². The number of carbonyl (C=O) groups is 1. The molecule has 3 saturated carbocycles. The van der Waals surface area contributed by atoms with Crippen LogP contribution in [0.5, 0.6) is 0 Å². The minimum atomic E-state index is -1.35. The van der Waals surface area contributed by atoms with Crippen molar-refractivity contribution in [2.45, 2.75) is 50.2 Å². The number of rotatable bonds is 3. The van der Waals surface area contributed by atoms with Crippen molar-refractivity contribution < 1.29 is 19.6 Å². The fraction of sp³-hybridized carbons (Fsp3) is 0.923. The zero-order chi connectivity index (χ0) is 16.9. The average molecular weight is 327 g/mol. The van der Waals surface area contributed by atoms with Crippen LogP contribution in [0.1, 0.15) is 32.1 Å². The first kappa shape index (κ1) is 15.8. The van der Waals surface area contributed by atoms with Crippen molar-refractivity contribution >= 4 is 5.78 Å². The normalized spacial score (nSPS) is 42.6. The summed E-state index contributed by atoms with van der Waals surface area (Å²) in [5.41, 5.74) is 0. The molecule has 0 bridgehead atoms. The molecule has 10 heteroatoms. The maximum atomic E-state index is 12.5. The van der Waals surface area contributed by atoms with Crippen molar-refractivity contribution in [2.75, 3.05) is 0 Å². The largest absolute Gasteiger partial charge is 0.299 e. The summed E-state index contributed by atoms with van der Waals surface area (Å²) in [5.74, 6) is -1.52. The lowest BCUT2D eigenvalue weighted by atomic mass is 9.70. The van der Waals surface area contributed by atoms with Crippen molar-refractivity contribution in [2.24, 2.45) is 23.7 Å². The highest BCUT2D eigenvalue weighted by atomic mass is 16.6. The topological polar surface area (TPSA) is 146 Å². The monoisotopic (exact) mass is 327 g/mol. The predicted molar refractivity (Wildman–Crippen MR) is 74.4 cm³/mol. The molecular formula is C13H17N3O7. The molecule has 126 valence electrons. The van der Waals surface area contributed by atoms with Gasteiger partial charge in [-0.05, 0) is 18.3 Å². The smallest absolute Gasteiger partial charge is 0.279 e. The van der Waals surface area contributed by atoms with Gasteiger partial charge in [-0.1, -0.05) is 0 Å². The molecule has 10 nitrogen and oxygen atoms in total. The number of hydrogen-bond acceptors (Lipinski definition) is 7. The lowest BCUT2D eigenvalue weighted by molar-refractivity contribution is -0.624. The van der Waals surface area contributed by atoms with E-state index in [0.717, 1.165) is 0 Å². The Morgan fingerprint density at radius 2 is 1.30 bits per heavy atom. The second-order valence-corrected chi connectivity index (χ2v) is 6.87. The van der Waals surface area contributed by atoms with E-state index in [0.29, 0.717) is 12.8 Å². The van der Waals surface area contributed by atoms with Crippen molar-refractivity contribution in [1.29, 1.82) is 0 Å². The minimum Gasteiger partial charge on any atom is -0.299 e. The molecule has 23 heavy (non-hydrogen) atoms. The SMILES string of the molecule is O=C1C2CCC([N+](=O)[O-])CC2C2CC([N+](=O)[O-])C([N+](=O)[O-])CC12. The van der Waals surface area contributed by atoms with Crippen LogP contribution < -0.4 is 0 Å². The summed E-state index contributed by atoms with van der Waals surface area (Å²) in [7, 11) is 0. The van der Waals surface area contributed by atoms with Crippen molar-refractivity contribution in [3.8, 4) is 0 Å². The van der Waals surface area contributed by atoms with E-state index in [1.165, 1.54) is 0 Å². The molecule has 0 N–H and O–H groups in total. The lowest BCUT2D eigenvalue weighted by Crippen LogP contribution is -2.48. The Kier molecular flexibility index (Phi) is 3.77. The van der Waals surface area contributed by atoms with Gasteiger partial charge in [-0.15, -0.1) is 0 Å². The van der Waals surface area contributed by atoms with E-state index < -0.39 is 33.9 Å². The Morgan fingerprint density at radius 1 is 0.739 bits per heavy atom. The summed E-state index contributed by atoms with van der Waals surface area (Å²) < 4.78 is 0. The Labute approximate surface area is 130 Å². The summed E-state index contributed by atoms with van der Waals surface area (Å²) in [6.07, 6.45) is 0.849. The van der Waals surface area contributed by atoms with Crippen LogP contribution in [0, 0.1) is 54.0 Å². The lowest BCUT2D eigenvalue weighted by Gasteiger charge is -2.33. The zero-order valence-corrected chi connectivity index (χ0v) is 12.3. The standard InChI is InChI=1S/C13H17N3O7/c17-13-7-2-1-6(14(18)19)3-8(7)9-4-11(15(20)21)12(16(22)23)5-10(9)13/h6-12H,1-5H2. The first-order chi connectivity index (χ1) is 10.8. The fourth-order valence-corrected chi connectivity index (χ4v) is 4.92. The summed E-state index contributed by atoms with van der Waals surface area (Å²) in [4.78, 5) is 44.2. The molecule has 7 atom stereocenters. The molecule has 0 radical (unpaired) electrons. The maximum Gasteiger partial charge on any atom is 0.279 e. The van der Waals surface area contributed by atoms with Crippen LogP contribution in [0.15, 0.2) is 0 Å². The van der Waals surface area contributed by atoms with Crippen LogP contribution in [0.4, 0.5) is 0 Å². The summed E-state index contributed by atoms with van der Waals surface area (Å²) in [6.45, 7) is 0. The van der Waals surface area contributed by atoms with Gasteiger partial charge in [0, 0.05) is 52.3 Å². The van der Waals surface area contributed by atoms with E-state index >= 15 is 0 Å². The maximum absolute atomic E-state index is 12.5. The number of ketones is 1. The molecule has 0 spiro atoms. The quantitative estimate of drug-likeness (QED) is 0.553. The summed E-state index contributed by atoms with van der Waals surface area (Å²) in [5, 5.41) is 33.3. The molecule has 3 rings (SSSR count). The van der Waals surface area contributed by atoms with E-state index in [4.69, 9.17) is 0 Å². The highest BCUT2D eigenvalue weighted by molar-refractivity contribution is 5.86. The van der Waals surface area contributed by atoms with Crippen LogP contribution in [-0.4, -0.2) is 38.7 Å². The molecular weight excluding hydrogens is 310 g/mol. The molecule has 3 fully saturated rings. The van der Waals surface area contributed by atoms with Gasteiger partial charge in [0.25, 0.3) is 12.1 Å². The molecule has 0 saturated heterocycles. The molecule has 3 aliphatic rings. The molecule has 0 heterocycles. The van der Waals surface area contributed by atoms with Crippen molar-refractivity contribution in [3.05, 3.63) is 30.3 Å². The van der Waals surface area contributed by atoms with Gasteiger partial charge in [-0.2, -0.15) is 0 Å². The molecule has 0 aromatic carbocycles. The van der Waals surface area contributed by atoms with Gasteiger partial charge in [0.1, 0.15) is 5.78 Å². The van der Waals surface area contributed by atoms with Gasteiger partial charge in [-0.3, -0.25) is 35.1 Å². The van der Waals surface area contributed by atoms with Gasteiger partial charge in [0.2, 0.25) is 6.04 Å². The average Bonchev–Trinajstić information content (AvgIpc) is 2.78. The Balaban J connectivity index is 1.87. The van der Waals surface area contributed by atoms with Crippen LogP contribution in [0.2, 0.25) is 0 Å². The Hall–Kier alpha value is -2.13. The first-order valence-corrected chi connectivity index (χ1v) is 7.75. The summed E-state index contributed by atoms with van der Waals surface area (Å²) in [6, 6.07) is -3.37. The third-order valence-electron chi connectivity index (χ3n) is 5.96. The highest BCUT2D eigenvalue weighted by Gasteiger charge is 2.61. The van der Waals surface area contributed by atoms with Crippen LogP contribution in [0.3, 0.4) is 0 Å². The molecule has 7 unspecified atom stereocenters. The Morgan fingerprint density at radius 3 is 1.87 bits per heavy atom. The minimum absolute atomic E-state index is 0.0271. The fourth-order valence-electron chi connectivity index (χ4n) is 4.92.